The van der Waals surface area contributed by atoms with E-state index in [0.29, 0.717) is 51.9 Å². The number of hydrogen-bond donors (Lipinski definition) is 2. The number of aliphatic hydroxyl groups is 1. The number of aliphatic hydroxyl groups excluding tert-OH is 1. The number of fused-ring (bicyclic) bond motifs is 3. The number of aldehydes is 1. The van der Waals surface area contributed by atoms with Crippen molar-refractivity contribution < 1.29 is 34.0 Å². The Hall–Kier alpha value is -3.84. The molecule has 0 heterocycles. The molecule has 0 amide bonds. The van der Waals surface area contributed by atoms with Crippen molar-refractivity contribution in [3.8, 4) is 17.2 Å². The molecule has 0 spiro atoms. The Labute approximate surface area is 461 Å². The first-order valence-electron chi connectivity index (χ1n) is 30.0. The smallest absolute Gasteiger partial charge is 0.306 e. The lowest BCUT2D eigenvalue weighted by Gasteiger charge is -2.59. The molecule has 76 heavy (non-hydrogen) atoms. The molecule has 6 aliphatic rings. The zero-order valence-corrected chi connectivity index (χ0v) is 50.3. The Balaban J connectivity index is 0.000000166. The first-order valence-corrected chi connectivity index (χ1v) is 30.0. The highest BCUT2D eigenvalue weighted by Gasteiger charge is 2.58. The number of carboxylic acid groups (broad SMARTS) is 1. The summed E-state index contributed by atoms with van der Waals surface area (Å²) in [4.78, 5) is 24.0. The van der Waals surface area contributed by atoms with Crippen molar-refractivity contribution in [3.63, 3.8) is 0 Å². The second-order valence-electron chi connectivity index (χ2n) is 28.6. The molecule has 0 aliphatic heterocycles. The van der Waals surface area contributed by atoms with E-state index in [0.717, 1.165) is 74.0 Å². The van der Waals surface area contributed by atoms with Crippen molar-refractivity contribution in [3.05, 3.63) is 88.0 Å². The summed E-state index contributed by atoms with van der Waals surface area (Å²) in [7, 11) is 5.17. The number of carbonyl (C=O) groups is 2. The molecule has 0 unspecified atom stereocenters. The molecule has 6 saturated carbocycles. The van der Waals surface area contributed by atoms with Gasteiger partial charge >= 0.3 is 5.97 Å². The maximum absolute atomic E-state index is 12.1. The summed E-state index contributed by atoms with van der Waals surface area (Å²) in [6.07, 6.45) is 22.2. The fourth-order valence-corrected chi connectivity index (χ4v) is 18.9. The molecule has 0 radical (unpaired) electrons. The van der Waals surface area contributed by atoms with E-state index in [1.165, 1.54) is 110 Å². The van der Waals surface area contributed by atoms with Crippen molar-refractivity contribution in [1.82, 2.24) is 0 Å². The molecule has 422 valence electrons. The number of rotatable bonds is 12. The Kier molecular flexibility index (Phi) is 18.8. The first kappa shape index (κ1) is 59.8. The van der Waals surface area contributed by atoms with Crippen LogP contribution in [-0.2, 0) is 28.9 Å². The van der Waals surface area contributed by atoms with Gasteiger partial charge in [0.05, 0.1) is 27.2 Å². The van der Waals surface area contributed by atoms with E-state index in [1.807, 2.05) is 6.07 Å². The van der Waals surface area contributed by atoms with Crippen molar-refractivity contribution >= 4 is 12.3 Å². The maximum atomic E-state index is 12.1. The van der Waals surface area contributed by atoms with Crippen LogP contribution in [0.5, 0.6) is 17.2 Å². The Morgan fingerprint density at radius 1 is 0.500 bits per heavy atom. The average molecular weight is 1050 g/mol. The third-order valence-corrected chi connectivity index (χ3v) is 22.5. The van der Waals surface area contributed by atoms with E-state index in [9.17, 15) is 19.8 Å². The standard InChI is InChI=1S/C23H34O3.C23H36O2.C23H34O2/c1-15-11-16(13-17(12-15)26-5)14-19-18(21(24)25)7-8-20-22(2,3)9-6-10-23(19,20)4;2*1-16-11-17(13-19(12-16)25-5)14-20-18(15-24)7-8-21-22(2,3)9-6-10-23(20,21)4/h11-13,18-20H,6-10,14H2,1-5H3,(H,24,25);11-13,18,20-21,24H,6-10,14-15H2,1-5H3;11-13,15,18,20-21H,6-10,14H2,1-5H3/t18-,19-,20-,23+;2*18-,20+,21+,23-/m011/s1. The van der Waals surface area contributed by atoms with Crippen LogP contribution in [0.3, 0.4) is 0 Å². The third kappa shape index (κ3) is 12.6. The van der Waals surface area contributed by atoms with Gasteiger partial charge in [0.1, 0.15) is 23.5 Å². The summed E-state index contributed by atoms with van der Waals surface area (Å²) < 4.78 is 16.4. The highest BCUT2D eigenvalue weighted by molar-refractivity contribution is 5.71. The van der Waals surface area contributed by atoms with Gasteiger partial charge in [-0.1, -0.05) is 99.8 Å². The molecule has 3 aromatic rings. The van der Waals surface area contributed by atoms with E-state index in [2.05, 4.69) is 132 Å². The van der Waals surface area contributed by atoms with Gasteiger partial charge in [-0.25, -0.2) is 0 Å². The number of hydrogen-bond acceptors (Lipinski definition) is 6. The van der Waals surface area contributed by atoms with E-state index in [4.69, 9.17) is 14.2 Å². The Morgan fingerprint density at radius 3 is 1.24 bits per heavy atom. The lowest BCUT2D eigenvalue weighted by Crippen LogP contribution is -2.53. The minimum Gasteiger partial charge on any atom is -0.497 e. The minimum atomic E-state index is -0.613. The molecule has 3 aromatic carbocycles. The van der Waals surface area contributed by atoms with Gasteiger partial charge in [-0.2, -0.15) is 0 Å². The minimum absolute atomic E-state index is 0.0973. The number of aryl methyl sites for hydroxylation is 3. The van der Waals surface area contributed by atoms with Crippen LogP contribution < -0.4 is 14.2 Å². The molecule has 9 rings (SSSR count). The van der Waals surface area contributed by atoms with Gasteiger partial charge in [-0.05, 0) is 261 Å². The maximum Gasteiger partial charge on any atom is 0.306 e. The summed E-state index contributed by atoms with van der Waals surface area (Å²) >= 11 is 0. The molecule has 6 fully saturated rings. The van der Waals surface area contributed by atoms with Crippen molar-refractivity contribution in [1.29, 1.82) is 0 Å². The van der Waals surface area contributed by atoms with Crippen molar-refractivity contribution in [2.24, 2.45) is 85.8 Å². The highest BCUT2D eigenvalue weighted by Crippen LogP contribution is 2.64. The predicted octanol–water partition coefficient (Wildman–Crippen LogP) is 16.5. The lowest BCUT2D eigenvalue weighted by atomic mass is 9.46. The molecule has 2 N–H and O–H groups in total. The summed E-state index contributed by atoms with van der Waals surface area (Å²) in [5, 5.41) is 20.1. The largest absolute Gasteiger partial charge is 0.497 e. The number of ether oxygens (including phenoxy) is 3. The van der Waals surface area contributed by atoms with Crippen LogP contribution in [0.1, 0.15) is 192 Å². The van der Waals surface area contributed by atoms with Gasteiger partial charge in [0.15, 0.2) is 0 Å². The molecule has 12 atom stereocenters. The van der Waals surface area contributed by atoms with Crippen LogP contribution >= 0.6 is 0 Å². The topological polar surface area (TPSA) is 102 Å². The fraction of sp³-hybridized carbons (Fsp3) is 0.710. The van der Waals surface area contributed by atoms with Crippen LogP contribution in [0.25, 0.3) is 0 Å². The van der Waals surface area contributed by atoms with Crippen LogP contribution in [0, 0.1) is 107 Å². The fourth-order valence-electron chi connectivity index (χ4n) is 18.9. The monoisotopic (exact) mass is 1040 g/mol. The normalized spacial score (nSPS) is 34.0. The second-order valence-corrected chi connectivity index (χ2v) is 28.6. The van der Waals surface area contributed by atoms with Gasteiger partial charge < -0.3 is 29.2 Å². The number of aliphatic carboxylic acids is 1. The molecule has 0 aromatic heterocycles. The van der Waals surface area contributed by atoms with Crippen LogP contribution in [0.4, 0.5) is 0 Å². The van der Waals surface area contributed by atoms with Gasteiger partial charge in [0.2, 0.25) is 0 Å². The quantitative estimate of drug-likeness (QED) is 0.174. The molecular weight excluding hydrogens is 941 g/mol. The van der Waals surface area contributed by atoms with Crippen molar-refractivity contribution in [2.45, 2.75) is 199 Å². The first-order chi connectivity index (χ1) is 35.8. The number of benzene rings is 3. The summed E-state index contributed by atoms with van der Waals surface area (Å²) in [6, 6.07) is 19.4. The Morgan fingerprint density at radius 2 is 0.855 bits per heavy atom. The van der Waals surface area contributed by atoms with E-state index in [-0.39, 0.29) is 28.6 Å². The van der Waals surface area contributed by atoms with E-state index in [1.54, 1.807) is 21.3 Å². The average Bonchev–Trinajstić information content (AvgIpc) is 3.43. The second kappa shape index (κ2) is 23.9. The molecule has 7 nitrogen and oxygen atoms in total. The van der Waals surface area contributed by atoms with Crippen LogP contribution in [0.15, 0.2) is 54.6 Å². The number of carbonyl (C=O) groups excluding carboxylic acids is 1. The highest BCUT2D eigenvalue weighted by atomic mass is 16.5. The molecule has 7 heteroatoms. The number of carboxylic acids is 1. The molecule has 6 aliphatic carbocycles. The Bertz CT molecular complexity index is 2450. The molecule has 0 bridgehead atoms. The summed E-state index contributed by atoms with van der Waals surface area (Å²) in [5.74, 6) is 5.81. The van der Waals surface area contributed by atoms with E-state index >= 15 is 0 Å². The zero-order chi connectivity index (χ0) is 55.6. The number of methoxy groups -OCH3 is 3. The molecule has 0 saturated heterocycles. The SMILES string of the molecule is COc1cc(C)cc(C[C@H]2[C@@H](C(=O)O)CC[C@H]3C(C)(C)CCC[C@]23C)c1.COc1cc(C)cc(C[C@H]2[C@@H](C=O)CC[C@H]3C(C)(C)CCC[C@]23C)c1.COc1cc(C)cc(C[C@H]2[C@@H](CO)CC[C@H]3C(C)(C)CCC[C@]23C)c1. The van der Waals surface area contributed by atoms with Gasteiger partial charge in [0.25, 0.3) is 0 Å². The van der Waals surface area contributed by atoms with Gasteiger partial charge in [-0.15, -0.1) is 0 Å². The summed E-state index contributed by atoms with van der Waals surface area (Å²) in [6.45, 7) is 28.7. The van der Waals surface area contributed by atoms with Crippen molar-refractivity contribution in [2.75, 3.05) is 27.9 Å². The van der Waals surface area contributed by atoms with Gasteiger partial charge in [0, 0.05) is 12.5 Å². The molecular formula is C69H104O7. The zero-order valence-electron chi connectivity index (χ0n) is 50.3. The van der Waals surface area contributed by atoms with Gasteiger partial charge in [-0.3, -0.25) is 4.79 Å². The summed E-state index contributed by atoms with van der Waals surface area (Å²) in [5.41, 5.74) is 9.39. The lowest BCUT2D eigenvalue weighted by molar-refractivity contribution is -0.157. The van der Waals surface area contributed by atoms with E-state index < -0.39 is 5.97 Å². The predicted molar refractivity (Wildman–Crippen MR) is 311 cm³/mol. The third-order valence-electron chi connectivity index (χ3n) is 22.5. The van der Waals surface area contributed by atoms with Crippen LogP contribution in [-0.4, -0.2) is 50.4 Å². The van der Waals surface area contributed by atoms with Crippen LogP contribution in [0.2, 0.25) is 0 Å².